The van der Waals surface area contributed by atoms with Crippen LogP contribution in [0.15, 0.2) is 67.8 Å². The van der Waals surface area contributed by atoms with Crippen LogP contribution in [0.5, 0.6) is 0 Å². The first-order valence-electron chi connectivity index (χ1n) is 14.1. The van der Waals surface area contributed by atoms with Crippen molar-refractivity contribution >= 4 is 34.2 Å². The molecule has 3 saturated heterocycles. The summed E-state index contributed by atoms with van der Waals surface area (Å²) in [6, 6.07) is 12.9. The number of aliphatic hydroxyl groups is 1. The van der Waals surface area contributed by atoms with E-state index in [0.717, 1.165) is 10.8 Å². The summed E-state index contributed by atoms with van der Waals surface area (Å²) in [6.45, 7) is 10.5. The summed E-state index contributed by atoms with van der Waals surface area (Å²) in [5.41, 5.74) is -1.23. The Morgan fingerprint density at radius 3 is 2.50 bits per heavy atom. The Balaban J connectivity index is 1.58. The first kappa shape index (κ1) is 28.1. The SMILES string of the molecule is C=CCN(C)C(=O)[C@@H]1[C@H]2C(=O)N(CCCCO)C(C(=O)N(CC=C)c3ccc4ccccc4c3)C23CC[C@@]1(C)O3. The molecule has 5 rings (SSSR count). The highest BCUT2D eigenvalue weighted by Gasteiger charge is 2.78. The maximum atomic E-state index is 14.6. The number of ether oxygens (including phenoxy) is 1. The normalized spacial score (nSPS) is 28.5. The average molecular weight is 546 g/mol. The molecule has 2 aromatic carbocycles. The highest BCUT2D eigenvalue weighted by molar-refractivity contribution is 6.06. The summed E-state index contributed by atoms with van der Waals surface area (Å²) in [4.78, 5) is 47.5. The molecule has 3 aliphatic rings. The molecule has 212 valence electrons. The fourth-order valence-corrected chi connectivity index (χ4v) is 7.18. The summed E-state index contributed by atoms with van der Waals surface area (Å²) < 4.78 is 6.75. The number of nitrogens with zero attached hydrogens (tertiary/aromatic N) is 3. The minimum atomic E-state index is -1.10. The van der Waals surface area contributed by atoms with Crippen molar-refractivity contribution in [2.75, 3.05) is 38.2 Å². The van der Waals surface area contributed by atoms with Gasteiger partial charge in [-0.2, -0.15) is 0 Å². The molecule has 0 aliphatic carbocycles. The maximum absolute atomic E-state index is 14.6. The van der Waals surface area contributed by atoms with Crippen LogP contribution in [0.1, 0.15) is 32.6 Å². The topological polar surface area (TPSA) is 90.4 Å². The van der Waals surface area contributed by atoms with Gasteiger partial charge in [0.05, 0.1) is 17.4 Å². The van der Waals surface area contributed by atoms with Crippen LogP contribution in [0.25, 0.3) is 10.8 Å². The Kier molecular flexibility index (Phi) is 7.59. The molecule has 40 heavy (non-hydrogen) atoms. The van der Waals surface area contributed by atoms with E-state index in [9.17, 15) is 19.5 Å². The summed E-state index contributed by atoms with van der Waals surface area (Å²) in [5.74, 6) is -2.07. The van der Waals surface area contributed by atoms with E-state index in [4.69, 9.17) is 4.74 Å². The fraction of sp³-hybridized carbons (Fsp3) is 0.469. The Bertz CT molecular complexity index is 1340. The molecule has 3 amide bonds. The van der Waals surface area contributed by atoms with E-state index in [1.165, 1.54) is 0 Å². The molecule has 2 unspecified atom stereocenters. The van der Waals surface area contributed by atoms with Crippen LogP contribution in [0, 0.1) is 11.8 Å². The molecular weight excluding hydrogens is 506 g/mol. The van der Waals surface area contributed by atoms with Gasteiger partial charge in [-0.25, -0.2) is 0 Å². The summed E-state index contributed by atoms with van der Waals surface area (Å²) in [7, 11) is 1.71. The van der Waals surface area contributed by atoms with Crippen LogP contribution in [0.3, 0.4) is 0 Å². The average Bonchev–Trinajstić information content (AvgIpc) is 3.51. The van der Waals surface area contributed by atoms with Crippen LogP contribution in [-0.4, -0.2) is 83.2 Å². The first-order valence-corrected chi connectivity index (χ1v) is 14.1. The number of anilines is 1. The zero-order valence-corrected chi connectivity index (χ0v) is 23.4. The molecule has 3 heterocycles. The number of amides is 3. The highest BCUT2D eigenvalue weighted by Crippen LogP contribution is 2.63. The number of likely N-dealkylation sites (tertiary alicyclic amines) is 1. The zero-order valence-electron chi connectivity index (χ0n) is 23.4. The lowest BCUT2D eigenvalue weighted by molar-refractivity contribution is -0.149. The van der Waals surface area contributed by atoms with Crippen molar-refractivity contribution in [1.82, 2.24) is 9.80 Å². The number of unbranched alkanes of at least 4 members (excludes halogenated alkanes) is 1. The van der Waals surface area contributed by atoms with Gasteiger partial charge in [0, 0.05) is 39.0 Å². The van der Waals surface area contributed by atoms with E-state index < -0.39 is 29.1 Å². The van der Waals surface area contributed by atoms with E-state index >= 15 is 0 Å². The van der Waals surface area contributed by atoms with E-state index in [1.54, 1.807) is 33.9 Å². The minimum Gasteiger partial charge on any atom is -0.396 e. The molecule has 0 saturated carbocycles. The third kappa shape index (κ3) is 4.34. The van der Waals surface area contributed by atoms with E-state index in [1.807, 2.05) is 49.4 Å². The third-order valence-electron chi connectivity index (χ3n) is 8.99. The van der Waals surface area contributed by atoms with Gasteiger partial charge in [-0.05, 0) is 55.5 Å². The van der Waals surface area contributed by atoms with Crippen molar-refractivity contribution in [2.45, 2.75) is 49.9 Å². The molecular formula is C32H39N3O5. The molecule has 8 nitrogen and oxygen atoms in total. The van der Waals surface area contributed by atoms with Gasteiger partial charge in [0.15, 0.2) is 0 Å². The molecule has 0 aromatic heterocycles. The number of carbonyl (C=O) groups excluding carboxylic acids is 3. The van der Waals surface area contributed by atoms with Gasteiger partial charge in [-0.3, -0.25) is 14.4 Å². The zero-order chi connectivity index (χ0) is 28.7. The Morgan fingerprint density at radius 2 is 1.80 bits per heavy atom. The Labute approximate surface area is 235 Å². The number of hydrogen-bond acceptors (Lipinski definition) is 5. The fourth-order valence-electron chi connectivity index (χ4n) is 7.18. The van der Waals surface area contributed by atoms with Crippen LogP contribution < -0.4 is 4.90 Å². The van der Waals surface area contributed by atoms with E-state index in [0.29, 0.717) is 44.5 Å². The monoisotopic (exact) mass is 545 g/mol. The lowest BCUT2D eigenvalue weighted by atomic mass is 9.66. The second-order valence-corrected chi connectivity index (χ2v) is 11.5. The molecule has 1 N–H and O–H groups in total. The van der Waals surface area contributed by atoms with Crippen molar-refractivity contribution in [3.63, 3.8) is 0 Å². The number of aliphatic hydroxyl groups excluding tert-OH is 1. The highest BCUT2D eigenvalue weighted by atomic mass is 16.5. The number of fused-ring (bicyclic) bond motifs is 2. The molecule has 1 spiro atoms. The van der Waals surface area contributed by atoms with Gasteiger partial charge in [0.1, 0.15) is 11.6 Å². The standard InChI is InChI=1S/C32H39N3O5/c1-5-17-33(4)28(37)25-26-29(38)35(19-9-10-20-36)27(32(26)16-15-31(25,3)40-32)30(39)34(18-6-2)24-14-13-22-11-7-8-12-23(22)21-24/h5-8,11-14,21,25-27,36H,1-2,9-10,15-20H2,3-4H3/t25-,26-,27?,31+,32?/m0/s1. The molecule has 0 radical (unpaired) electrons. The van der Waals surface area contributed by atoms with Gasteiger partial charge in [0.2, 0.25) is 11.8 Å². The molecule has 3 aliphatic heterocycles. The Morgan fingerprint density at radius 1 is 1.07 bits per heavy atom. The predicted molar refractivity (Wildman–Crippen MR) is 155 cm³/mol. The number of hydrogen-bond donors (Lipinski definition) is 1. The molecule has 8 heteroatoms. The van der Waals surface area contributed by atoms with E-state index in [-0.39, 0.29) is 30.9 Å². The van der Waals surface area contributed by atoms with Gasteiger partial charge < -0.3 is 24.5 Å². The van der Waals surface area contributed by atoms with Crippen molar-refractivity contribution in [2.24, 2.45) is 11.8 Å². The Hall–Kier alpha value is -3.49. The number of likely N-dealkylation sites (N-methyl/N-ethyl adjacent to an activating group) is 1. The lowest BCUT2D eigenvalue weighted by Crippen LogP contribution is -2.56. The number of rotatable bonds is 11. The van der Waals surface area contributed by atoms with Crippen LogP contribution in [0.4, 0.5) is 5.69 Å². The van der Waals surface area contributed by atoms with Crippen molar-refractivity contribution in [3.05, 3.63) is 67.8 Å². The summed E-state index contributed by atoms with van der Waals surface area (Å²) in [6.07, 6.45) is 5.48. The first-order chi connectivity index (χ1) is 19.2. The third-order valence-corrected chi connectivity index (χ3v) is 8.99. The molecule has 2 aromatic rings. The predicted octanol–water partition coefficient (Wildman–Crippen LogP) is 3.54. The quantitative estimate of drug-likeness (QED) is 0.345. The van der Waals surface area contributed by atoms with Gasteiger partial charge in [-0.15, -0.1) is 13.2 Å². The molecule has 2 bridgehead atoms. The van der Waals surface area contributed by atoms with Gasteiger partial charge in [0.25, 0.3) is 5.91 Å². The largest absolute Gasteiger partial charge is 0.396 e. The van der Waals surface area contributed by atoms with Crippen LogP contribution in [0.2, 0.25) is 0 Å². The smallest absolute Gasteiger partial charge is 0.253 e. The second-order valence-electron chi connectivity index (χ2n) is 11.5. The lowest BCUT2D eigenvalue weighted by Gasteiger charge is -2.37. The summed E-state index contributed by atoms with van der Waals surface area (Å²) >= 11 is 0. The molecule has 3 fully saturated rings. The van der Waals surface area contributed by atoms with Crippen LogP contribution >= 0.6 is 0 Å². The van der Waals surface area contributed by atoms with Gasteiger partial charge >= 0.3 is 0 Å². The molecule has 5 atom stereocenters. The number of carbonyl (C=O) groups is 3. The number of benzene rings is 2. The van der Waals surface area contributed by atoms with Gasteiger partial charge in [-0.1, -0.05) is 42.5 Å². The van der Waals surface area contributed by atoms with Crippen molar-refractivity contribution in [3.8, 4) is 0 Å². The summed E-state index contributed by atoms with van der Waals surface area (Å²) in [5, 5.41) is 11.5. The second kappa shape index (κ2) is 10.8. The maximum Gasteiger partial charge on any atom is 0.253 e. The van der Waals surface area contributed by atoms with Crippen molar-refractivity contribution < 1.29 is 24.2 Å². The van der Waals surface area contributed by atoms with Crippen molar-refractivity contribution in [1.29, 1.82) is 0 Å². The minimum absolute atomic E-state index is 0.00305. The van der Waals surface area contributed by atoms with Crippen LogP contribution in [-0.2, 0) is 19.1 Å². The van der Waals surface area contributed by atoms with E-state index in [2.05, 4.69) is 13.2 Å².